The van der Waals surface area contributed by atoms with Gasteiger partial charge in [0.2, 0.25) is 5.91 Å². The number of halogens is 2. The third-order valence-corrected chi connectivity index (χ3v) is 5.30. The molecule has 118 valence electrons. The molecule has 1 saturated carbocycles. The van der Waals surface area contributed by atoms with Gasteiger partial charge in [-0.3, -0.25) is 9.59 Å². The minimum atomic E-state index is -0.811. The summed E-state index contributed by atoms with van der Waals surface area (Å²) in [6, 6.07) is 5.47. The van der Waals surface area contributed by atoms with Crippen molar-refractivity contribution in [1.82, 2.24) is 4.90 Å². The van der Waals surface area contributed by atoms with Crippen LogP contribution in [0.3, 0.4) is 0 Å². The Morgan fingerprint density at radius 3 is 2.68 bits per heavy atom. The maximum absolute atomic E-state index is 12.5. The summed E-state index contributed by atoms with van der Waals surface area (Å²) in [5.41, 5.74) is 1.03. The van der Waals surface area contributed by atoms with Gasteiger partial charge >= 0.3 is 5.97 Å². The van der Waals surface area contributed by atoms with Crippen LogP contribution in [-0.4, -0.2) is 35.0 Å². The van der Waals surface area contributed by atoms with Crippen molar-refractivity contribution >= 4 is 35.1 Å². The molecule has 0 bridgehead atoms. The molecule has 3 atom stereocenters. The van der Waals surface area contributed by atoms with E-state index < -0.39 is 11.9 Å². The van der Waals surface area contributed by atoms with E-state index in [2.05, 4.69) is 0 Å². The van der Waals surface area contributed by atoms with E-state index in [1.807, 2.05) is 12.1 Å². The van der Waals surface area contributed by atoms with Crippen molar-refractivity contribution < 1.29 is 14.7 Å². The lowest BCUT2D eigenvalue weighted by Crippen LogP contribution is -2.43. The molecule has 3 rings (SSSR count). The summed E-state index contributed by atoms with van der Waals surface area (Å²) >= 11 is 11.9. The molecule has 0 aromatic heterocycles. The zero-order valence-corrected chi connectivity index (χ0v) is 13.5. The number of amides is 1. The molecule has 22 heavy (non-hydrogen) atoms. The topological polar surface area (TPSA) is 57.6 Å². The molecule has 2 fully saturated rings. The van der Waals surface area contributed by atoms with Gasteiger partial charge < -0.3 is 10.0 Å². The van der Waals surface area contributed by atoms with Gasteiger partial charge in [0.25, 0.3) is 0 Å². The molecular formula is C16H17Cl2NO3. The number of carbonyl (C=O) groups is 2. The van der Waals surface area contributed by atoms with E-state index >= 15 is 0 Å². The Labute approximate surface area is 139 Å². The number of carboxylic acids is 1. The largest absolute Gasteiger partial charge is 0.481 e. The third-order valence-electron chi connectivity index (χ3n) is 4.56. The standard InChI is InChI=1S/C16H17Cl2NO3/c17-13-4-3-9(6-14(13)18)11-7-12(11)15(20)19-5-1-2-10(8-19)16(21)22/h3-4,6,10-12H,1-2,5,7-8H2,(H,21,22)/t10-,11+,12-/m1/s1. The lowest BCUT2D eigenvalue weighted by molar-refractivity contribution is -0.146. The highest BCUT2D eigenvalue weighted by Gasteiger charge is 2.46. The maximum atomic E-state index is 12.5. The van der Waals surface area contributed by atoms with Gasteiger partial charge in [-0.15, -0.1) is 0 Å². The molecule has 1 amide bonds. The Morgan fingerprint density at radius 1 is 1.23 bits per heavy atom. The van der Waals surface area contributed by atoms with Crippen LogP contribution in [0.2, 0.25) is 10.0 Å². The summed E-state index contributed by atoms with van der Waals surface area (Å²) < 4.78 is 0. The molecule has 1 aliphatic carbocycles. The lowest BCUT2D eigenvalue weighted by atomic mass is 9.97. The lowest BCUT2D eigenvalue weighted by Gasteiger charge is -2.31. The molecule has 0 radical (unpaired) electrons. The van der Waals surface area contributed by atoms with Crippen LogP contribution >= 0.6 is 23.2 Å². The summed E-state index contributed by atoms with van der Waals surface area (Å²) in [6.07, 6.45) is 2.21. The van der Waals surface area contributed by atoms with E-state index in [-0.39, 0.29) is 17.7 Å². The number of piperidine rings is 1. The second-order valence-corrected chi connectivity index (χ2v) is 6.90. The van der Waals surface area contributed by atoms with Crippen molar-refractivity contribution in [2.75, 3.05) is 13.1 Å². The fraction of sp³-hybridized carbons (Fsp3) is 0.500. The first kappa shape index (κ1) is 15.6. The molecule has 1 aliphatic heterocycles. The van der Waals surface area contributed by atoms with Crippen molar-refractivity contribution in [1.29, 1.82) is 0 Å². The number of hydrogen-bond donors (Lipinski definition) is 1. The SMILES string of the molecule is O=C(O)[C@@H]1CCCN(C(=O)[C@@H]2C[C@H]2c2ccc(Cl)c(Cl)c2)C1. The Kier molecular flexibility index (Phi) is 4.33. The Balaban J connectivity index is 1.65. The molecular weight excluding hydrogens is 325 g/mol. The molecule has 6 heteroatoms. The van der Waals surface area contributed by atoms with E-state index in [4.69, 9.17) is 28.3 Å². The molecule has 0 unspecified atom stereocenters. The van der Waals surface area contributed by atoms with E-state index in [0.29, 0.717) is 29.6 Å². The minimum Gasteiger partial charge on any atom is -0.481 e. The van der Waals surface area contributed by atoms with Gasteiger partial charge in [0.1, 0.15) is 0 Å². The number of nitrogens with zero attached hydrogens (tertiary/aromatic N) is 1. The van der Waals surface area contributed by atoms with Crippen molar-refractivity contribution in [3.8, 4) is 0 Å². The number of carboxylic acid groups (broad SMARTS) is 1. The molecule has 2 aliphatic rings. The summed E-state index contributed by atoms with van der Waals surface area (Å²) in [5.74, 6) is -1.05. The monoisotopic (exact) mass is 341 g/mol. The zero-order chi connectivity index (χ0) is 15.9. The normalized spacial score (nSPS) is 27.5. The number of aliphatic carboxylic acids is 1. The van der Waals surface area contributed by atoms with Crippen LogP contribution in [0, 0.1) is 11.8 Å². The Hall–Kier alpha value is -1.26. The first-order chi connectivity index (χ1) is 10.5. The number of benzene rings is 1. The van der Waals surface area contributed by atoms with Crippen LogP contribution in [0.25, 0.3) is 0 Å². The average Bonchev–Trinajstić information content (AvgIpc) is 3.30. The molecule has 1 N–H and O–H groups in total. The van der Waals surface area contributed by atoms with E-state index in [1.54, 1.807) is 11.0 Å². The average molecular weight is 342 g/mol. The molecule has 1 saturated heterocycles. The van der Waals surface area contributed by atoms with Gasteiger partial charge in [-0.05, 0) is 42.9 Å². The summed E-state index contributed by atoms with van der Waals surface area (Å²) in [7, 11) is 0. The number of hydrogen-bond acceptors (Lipinski definition) is 2. The minimum absolute atomic E-state index is 0.0511. The Bertz CT molecular complexity index is 619. The smallest absolute Gasteiger partial charge is 0.308 e. The van der Waals surface area contributed by atoms with Gasteiger partial charge in [0.15, 0.2) is 0 Å². The molecule has 1 aromatic carbocycles. The summed E-state index contributed by atoms with van der Waals surface area (Å²) in [6.45, 7) is 0.992. The van der Waals surface area contributed by atoms with E-state index in [0.717, 1.165) is 18.4 Å². The predicted molar refractivity (Wildman–Crippen MR) is 84.2 cm³/mol. The predicted octanol–water partition coefficient (Wildman–Crippen LogP) is 3.42. The molecule has 1 heterocycles. The van der Waals surface area contributed by atoms with Crippen LogP contribution in [0.15, 0.2) is 18.2 Å². The second-order valence-electron chi connectivity index (χ2n) is 6.08. The van der Waals surface area contributed by atoms with Gasteiger partial charge in [-0.2, -0.15) is 0 Å². The van der Waals surface area contributed by atoms with Gasteiger partial charge in [-0.1, -0.05) is 29.3 Å². The van der Waals surface area contributed by atoms with E-state index in [9.17, 15) is 9.59 Å². The summed E-state index contributed by atoms with van der Waals surface area (Å²) in [4.78, 5) is 25.3. The van der Waals surface area contributed by atoms with Crippen LogP contribution in [0.5, 0.6) is 0 Å². The Morgan fingerprint density at radius 2 is 2.00 bits per heavy atom. The maximum Gasteiger partial charge on any atom is 0.308 e. The number of carbonyl (C=O) groups excluding carboxylic acids is 1. The van der Waals surface area contributed by atoms with Gasteiger partial charge in [0, 0.05) is 19.0 Å². The van der Waals surface area contributed by atoms with Crippen molar-refractivity contribution in [2.45, 2.75) is 25.2 Å². The van der Waals surface area contributed by atoms with Crippen LogP contribution in [0.4, 0.5) is 0 Å². The molecule has 0 spiro atoms. The summed E-state index contributed by atoms with van der Waals surface area (Å²) in [5, 5.41) is 10.1. The van der Waals surface area contributed by atoms with Gasteiger partial charge in [-0.25, -0.2) is 0 Å². The van der Waals surface area contributed by atoms with Gasteiger partial charge in [0.05, 0.1) is 16.0 Å². The molecule has 1 aromatic rings. The fourth-order valence-corrected chi connectivity index (χ4v) is 3.50. The van der Waals surface area contributed by atoms with Crippen molar-refractivity contribution in [3.05, 3.63) is 33.8 Å². The van der Waals surface area contributed by atoms with E-state index in [1.165, 1.54) is 0 Å². The quantitative estimate of drug-likeness (QED) is 0.916. The number of rotatable bonds is 3. The third kappa shape index (κ3) is 3.08. The highest BCUT2D eigenvalue weighted by Crippen LogP contribution is 2.49. The fourth-order valence-electron chi connectivity index (χ4n) is 3.19. The zero-order valence-electron chi connectivity index (χ0n) is 12.0. The van der Waals surface area contributed by atoms with Crippen molar-refractivity contribution in [2.24, 2.45) is 11.8 Å². The van der Waals surface area contributed by atoms with Crippen LogP contribution in [0.1, 0.15) is 30.7 Å². The highest BCUT2D eigenvalue weighted by molar-refractivity contribution is 6.42. The number of likely N-dealkylation sites (tertiary alicyclic amines) is 1. The van der Waals surface area contributed by atoms with Crippen LogP contribution in [-0.2, 0) is 9.59 Å². The van der Waals surface area contributed by atoms with Crippen molar-refractivity contribution in [3.63, 3.8) is 0 Å². The second kappa shape index (κ2) is 6.09. The van der Waals surface area contributed by atoms with Crippen LogP contribution < -0.4 is 0 Å². The first-order valence-corrected chi connectivity index (χ1v) is 8.19. The molecule has 4 nitrogen and oxygen atoms in total. The first-order valence-electron chi connectivity index (χ1n) is 7.44. The highest BCUT2D eigenvalue weighted by atomic mass is 35.5.